The molecule has 1 aromatic carbocycles. The van der Waals surface area contributed by atoms with Gasteiger partial charge in [-0.1, -0.05) is 30.3 Å². The number of aromatic nitrogens is 3. The van der Waals surface area contributed by atoms with Crippen molar-refractivity contribution in [1.82, 2.24) is 20.1 Å². The van der Waals surface area contributed by atoms with E-state index in [9.17, 15) is 4.79 Å². The summed E-state index contributed by atoms with van der Waals surface area (Å²) in [4.78, 5) is 16.2. The van der Waals surface area contributed by atoms with E-state index in [1.165, 1.54) is 6.33 Å². The lowest BCUT2D eigenvalue weighted by Gasteiger charge is -2.32. The standard InChI is InChI=1S/C15H19N5O/c16-14(21)15(19-13-6-7-13,12-4-2-1-3-5-12)8-9-20-11-17-10-18-20/h1-5,10-11,13,19H,6-9H2,(H2,16,21). The summed E-state index contributed by atoms with van der Waals surface area (Å²) in [6.45, 7) is 0.581. The maximum Gasteiger partial charge on any atom is 0.242 e. The van der Waals surface area contributed by atoms with Gasteiger partial charge in [0.05, 0.1) is 0 Å². The maximum absolute atomic E-state index is 12.3. The van der Waals surface area contributed by atoms with Crippen molar-refractivity contribution in [2.75, 3.05) is 0 Å². The van der Waals surface area contributed by atoms with E-state index >= 15 is 0 Å². The van der Waals surface area contributed by atoms with Crippen molar-refractivity contribution in [1.29, 1.82) is 0 Å². The van der Waals surface area contributed by atoms with Crippen LogP contribution in [0.1, 0.15) is 24.8 Å². The Labute approximate surface area is 123 Å². The smallest absolute Gasteiger partial charge is 0.242 e. The largest absolute Gasteiger partial charge is 0.368 e. The molecule has 110 valence electrons. The summed E-state index contributed by atoms with van der Waals surface area (Å²) in [5.74, 6) is -0.347. The highest BCUT2D eigenvalue weighted by atomic mass is 16.1. The van der Waals surface area contributed by atoms with Crippen LogP contribution in [-0.4, -0.2) is 26.7 Å². The molecule has 1 saturated carbocycles. The summed E-state index contributed by atoms with van der Waals surface area (Å²) in [6, 6.07) is 10.1. The van der Waals surface area contributed by atoms with Gasteiger partial charge in [0.25, 0.3) is 0 Å². The highest BCUT2D eigenvalue weighted by molar-refractivity contribution is 5.86. The van der Waals surface area contributed by atoms with Gasteiger partial charge in [-0.15, -0.1) is 0 Å². The van der Waals surface area contributed by atoms with Gasteiger partial charge in [-0.05, 0) is 24.8 Å². The molecule has 1 aliphatic carbocycles. The monoisotopic (exact) mass is 285 g/mol. The molecular formula is C15H19N5O. The van der Waals surface area contributed by atoms with Gasteiger partial charge < -0.3 is 5.73 Å². The second-order valence-electron chi connectivity index (χ2n) is 5.46. The predicted molar refractivity (Wildman–Crippen MR) is 78.1 cm³/mol. The van der Waals surface area contributed by atoms with Gasteiger partial charge in [-0.25, -0.2) is 4.98 Å². The Morgan fingerprint density at radius 2 is 2.14 bits per heavy atom. The number of primary amides is 1. The molecule has 1 unspecified atom stereocenters. The van der Waals surface area contributed by atoms with Crippen LogP contribution in [0.3, 0.4) is 0 Å². The summed E-state index contributed by atoms with van der Waals surface area (Å²) in [5, 5.41) is 7.54. The first-order chi connectivity index (χ1) is 10.2. The molecule has 3 rings (SSSR count). The number of benzene rings is 1. The molecule has 0 aliphatic heterocycles. The summed E-state index contributed by atoms with van der Waals surface area (Å²) in [6.07, 6.45) is 5.86. The first kappa shape index (κ1) is 13.8. The van der Waals surface area contributed by atoms with Crippen LogP contribution in [0.4, 0.5) is 0 Å². The van der Waals surface area contributed by atoms with Crippen molar-refractivity contribution in [3.63, 3.8) is 0 Å². The molecule has 0 bridgehead atoms. The van der Waals surface area contributed by atoms with Crippen LogP contribution in [0.15, 0.2) is 43.0 Å². The Balaban J connectivity index is 1.89. The SMILES string of the molecule is NC(=O)C(CCn1cncn1)(NC1CC1)c1ccccc1. The van der Waals surface area contributed by atoms with Gasteiger partial charge in [0.15, 0.2) is 0 Å². The van der Waals surface area contributed by atoms with Crippen LogP contribution in [0, 0.1) is 0 Å². The van der Waals surface area contributed by atoms with Gasteiger partial charge >= 0.3 is 0 Å². The molecule has 1 aromatic heterocycles. The lowest BCUT2D eigenvalue weighted by Crippen LogP contribution is -2.54. The summed E-state index contributed by atoms with van der Waals surface area (Å²) in [5.41, 5.74) is 5.83. The summed E-state index contributed by atoms with van der Waals surface area (Å²) < 4.78 is 1.72. The third kappa shape index (κ3) is 2.95. The van der Waals surface area contributed by atoms with E-state index in [-0.39, 0.29) is 5.91 Å². The molecule has 1 atom stereocenters. The zero-order valence-electron chi connectivity index (χ0n) is 11.8. The number of carbonyl (C=O) groups is 1. The van der Waals surface area contributed by atoms with E-state index in [1.54, 1.807) is 11.0 Å². The van der Waals surface area contributed by atoms with Gasteiger partial charge in [0, 0.05) is 12.6 Å². The number of hydrogen-bond donors (Lipinski definition) is 2. The van der Waals surface area contributed by atoms with Crippen LogP contribution < -0.4 is 11.1 Å². The fourth-order valence-electron chi connectivity index (χ4n) is 2.57. The van der Waals surface area contributed by atoms with Gasteiger partial charge in [0.1, 0.15) is 18.2 Å². The lowest BCUT2D eigenvalue weighted by atomic mass is 9.85. The molecular weight excluding hydrogens is 266 g/mol. The van der Waals surface area contributed by atoms with E-state index in [4.69, 9.17) is 5.73 Å². The Morgan fingerprint density at radius 3 is 2.71 bits per heavy atom. The molecule has 1 heterocycles. The second kappa shape index (κ2) is 5.65. The number of nitrogens with one attached hydrogen (secondary N) is 1. The third-order valence-corrected chi connectivity index (χ3v) is 3.90. The predicted octanol–water partition coefficient (Wildman–Crippen LogP) is 0.801. The van der Waals surface area contributed by atoms with Crippen molar-refractivity contribution in [3.8, 4) is 0 Å². The van der Waals surface area contributed by atoms with Crippen LogP contribution >= 0.6 is 0 Å². The number of hydrogen-bond acceptors (Lipinski definition) is 4. The Hall–Kier alpha value is -2.21. The molecule has 0 radical (unpaired) electrons. The van der Waals surface area contributed by atoms with E-state index < -0.39 is 5.54 Å². The average molecular weight is 285 g/mol. The zero-order valence-corrected chi connectivity index (χ0v) is 11.8. The van der Waals surface area contributed by atoms with E-state index in [0.29, 0.717) is 19.0 Å². The van der Waals surface area contributed by atoms with Crippen LogP contribution in [-0.2, 0) is 16.9 Å². The quantitative estimate of drug-likeness (QED) is 0.788. The molecule has 0 spiro atoms. The number of nitrogens with zero attached hydrogens (tertiary/aromatic N) is 3. The van der Waals surface area contributed by atoms with Gasteiger partial charge in [-0.3, -0.25) is 14.8 Å². The first-order valence-electron chi connectivity index (χ1n) is 7.16. The highest BCUT2D eigenvalue weighted by Gasteiger charge is 2.42. The lowest BCUT2D eigenvalue weighted by molar-refractivity contribution is -0.125. The number of aryl methyl sites for hydroxylation is 1. The minimum absolute atomic E-state index is 0.347. The molecule has 0 saturated heterocycles. The molecule has 2 aromatic rings. The zero-order chi connectivity index (χ0) is 14.7. The van der Waals surface area contributed by atoms with Gasteiger partial charge in [-0.2, -0.15) is 5.10 Å². The molecule has 6 heteroatoms. The van der Waals surface area contributed by atoms with E-state index in [2.05, 4.69) is 15.4 Å². The third-order valence-electron chi connectivity index (χ3n) is 3.90. The van der Waals surface area contributed by atoms with E-state index in [1.807, 2.05) is 30.3 Å². The molecule has 6 nitrogen and oxygen atoms in total. The first-order valence-corrected chi connectivity index (χ1v) is 7.16. The minimum atomic E-state index is -0.853. The van der Waals surface area contributed by atoms with Crippen molar-refractivity contribution >= 4 is 5.91 Å². The number of rotatable bonds is 7. The fourth-order valence-corrected chi connectivity index (χ4v) is 2.57. The fraction of sp³-hybridized carbons (Fsp3) is 0.400. The Morgan fingerprint density at radius 1 is 1.38 bits per heavy atom. The normalized spacial score (nSPS) is 17.3. The van der Waals surface area contributed by atoms with Crippen molar-refractivity contribution in [2.24, 2.45) is 5.73 Å². The number of amides is 1. The van der Waals surface area contributed by atoms with Gasteiger partial charge in [0.2, 0.25) is 5.91 Å². The molecule has 3 N–H and O–H groups in total. The highest BCUT2D eigenvalue weighted by Crippen LogP contribution is 2.31. The van der Waals surface area contributed by atoms with Crippen molar-refractivity contribution in [2.45, 2.75) is 37.4 Å². The van der Waals surface area contributed by atoms with Crippen LogP contribution in [0.2, 0.25) is 0 Å². The average Bonchev–Trinajstić information content (AvgIpc) is 3.16. The second-order valence-corrected chi connectivity index (χ2v) is 5.46. The minimum Gasteiger partial charge on any atom is -0.368 e. The molecule has 1 aliphatic rings. The molecule has 1 amide bonds. The van der Waals surface area contributed by atoms with Crippen LogP contribution in [0.5, 0.6) is 0 Å². The van der Waals surface area contributed by atoms with Crippen molar-refractivity contribution < 1.29 is 4.79 Å². The van der Waals surface area contributed by atoms with Crippen LogP contribution in [0.25, 0.3) is 0 Å². The summed E-state index contributed by atoms with van der Waals surface area (Å²) >= 11 is 0. The topological polar surface area (TPSA) is 85.8 Å². The Bertz CT molecular complexity index is 594. The maximum atomic E-state index is 12.3. The van der Waals surface area contributed by atoms with E-state index in [0.717, 1.165) is 18.4 Å². The number of carbonyl (C=O) groups excluding carboxylic acids is 1. The number of nitrogens with two attached hydrogens (primary N) is 1. The van der Waals surface area contributed by atoms with Crippen molar-refractivity contribution in [3.05, 3.63) is 48.5 Å². The summed E-state index contributed by atoms with van der Waals surface area (Å²) in [7, 11) is 0. The molecule has 21 heavy (non-hydrogen) atoms. The Kier molecular flexibility index (Phi) is 3.70. The molecule has 1 fully saturated rings.